The molecule has 1 fully saturated rings. The van der Waals surface area contributed by atoms with Gasteiger partial charge in [-0.05, 0) is 25.9 Å². The molecule has 0 aromatic carbocycles. The quantitative estimate of drug-likeness (QED) is 0.378. The first-order chi connectivity index (χ1) is 3.39. The van der Waals surface area contributed by atoms with E-state index in [4.69, 9.17) is 0 Å². The highest BCUT2D eigenvalue weighted by Crippen LogP contribution is 2.04. The molecule has 7 heavy (non-hydrogen) atoms. The van der Waals surface area contributed by atoms with Crippen molar-refractivity contribution < 1.29 is 0 Å². The van der Waals surface area contributed by atoms with Gasteiger partial charge in [0.25, 0.3) is 0 Å². The first-order valence-corrected chi connectivity index (χ1v) is 2.63. The summed E-state index contributed by atoms with van der Waals surface area (Å²) in [7, 11) is 0.556. The van der Waals surface area contributed by atoms with E-state index in [2.05, 4.69) is 4.81 Å². The van der Waals surface area contributed by atoms with Gasteiger partial charge in [-0.25, -0.2) is 0 Å². The summed E-state index contributed by atoms with van der Waals surface area (Å²) in [5.74, 6) is 0. The van der Waals surface area contributed by atoms with Crippen molar-refractivity contribution in [1.29, 1.82) is 0 Å². The average Bonchev–Trinajstić information content (AvgIpc) is 1.69. The fourth-order valence-corrected chi connectivity index (χ4v) is 0.736. The Balaban J connectivity index is 2.12. The van der Waals surface area contributed by atoms with Crippen molar-refractivity contribution in [3.63, 3.8) is 0 Å². The smallest absolute Gasteiger partial charge is 0.0145 e. The molecule has 1 aliphatic heterocycles. The molecule has 1 aliphatic rings. The third kappa shape index (κ3) is 1.52. The highest BCUT2D eigenvalue weighted by atomic mass is 15.0. The minimum Gasteiger partial charge on any atom is -0.484 e. The average molecular weight is 98.0 g/mol. The topological polar surface area (TPSA) is 3.24 Å². The van der Waals surface area contributed by atoms with E-state index in [1.807, 2.05) is 0 Å². The Hall–Kier alpha value is 0.0249. The molecule has 1 heterocycles. The monoisotopic (exact) mass is 98.1 g/mol. The van der Waals surface area contributed by atoms with Gasteiger partial charge >= 0.3 is 0 Å². The maximum Gasteiger partial charge on any atom is 0.0145 e. The lowest BCUT2D eigenvalue weighted by atomic mass is 10.1. The summed E-state index contributed by atoms with van der Waals surface area (Å²) in [5.41, 5.74) is 0. The molecule has 0 atom stereocenters. The third-order valence-electron chi connectivity index (χ3n) is 1.13. The Bertz CT molecular complexity index is 50.0. The van der Waals surface area contributed by atoms with E-state index in [0.29, 0.717) is 7.98 Å². The molecule has 42 valence electrons. The van der Waals surface area contributed by atoms with Crippen LogP contribution in [-0.4, -0.2) is 25.9 Å². The Morgan fingerprint density at radius 1 is 1.00 bits per heavy atom. The normalized spacial score (nSPS) is 25.3. The minimum atomic E-state index is 0.556. The zero-order chi connectivity index (χ0) is 5.11. The number of piperidine rings is 1. The Morgan fingerprint density at radius 2 is 1.57 bits per heavy atom. The van der Waals surface area contributed by atoms with Crippen LogP contribution in [0.2, 0.25) is 0 Å². The number of hydrogen-bond acceptors (Lipinski definition) is 1. The van der Waals surface area contributed by atoms with Crippen LogP contribution in [0.25, 0.3) is 0 Å². The molecule has 0 aliphatic carbocycles. The maximum atomic E-state index is 2.64. The molecule has 0 spiro atoms. The highest BCUT2D eigenvalue weighted by Gasteiger charge is 1.97. The molecule has 1 nitrogen and oxygen atoms in total. The number of hydrogen-bond donors (Lipinski definition) is 0. The standard InChI is InChI=1S/C5H13BN/c6-7-4-2-1-3-5-7/h1-5H2,6H3/q-1. The van der Waals surface area contributed by atoms with Gasteiger partial charge in [-0.15, -0.1) is 0 Å². The molecule has 0 aromatic rings. The van der Waals surface area contributed by atoms with Gasteiger partial charge in [0.2, 0.25) is 0 Å². The number of rotatable bonds is 0. The zero-order valence-corrected chi connectivity index (χ0v) is 3.98. The molecule has 0 radical (unpaired) electrons. The van der Waals surface area contributed by atoms with Crippen molar-refractivity contribution in [2.75, 3.05) is 13.1 Å². The summed E-state index contributed by atoms with van der Waals surface area (Å²) in [6, 6.07) is 0. The van der Waals surface area contributed by atoms with Crippen LogP contribution in [-0.2, 0) is 0 Å². The van der Waals surface area contributed by atoms with E-state index in [0.717, 1.165) is 0 Å². The van der Waals surface area contributed by atoms with Crippen molar-refractivity contribution in [2.45, 2.75) is 19.3 Å². The van der Waals surface area contributed by atoms with E-state index in [-0.39, 0.29) is 0 Å². The highest BCUT2D eigenvalue weighted by molar-refractivity contribution is 6.04. The summed E-state index contributed by atoms with van der Waals surface area (Å²) in [6.45, 7) is 2.86. The van der Waals surface area contributed by atoms with E-state index in [1.54, 1.807) is 0 Å². The summed E-state index contributed by atoms with van der Waals surface area (Å²) in [4.78, 5) is 2.64. The Morgan fingerprint density at radius 3 is 1.86 bits per heavy atom. The van der Waals surface area contributed by atoms with E-state index in [1.165, 1.54) is 32.4 Å². The van der Waals surface area contributed by atoms with Crippen molar-refractivity contribution >= 4 is 7.98 Å². The lowest BCUT2D eigenvalue weighted by molar-refractivity contribution is 0.367. The second kappa shape index (κ2) is 2.36. The van der Waals surface area contributed by atoms with Crippen molar-refractivity contribution in [3.8, 4) is 0 Å². The molecule has 0 saturated carbocycles. The van der Waals surface area contributed by atoms with Crippen molar-refractivity contribution in [1.82, 2.24) is 4.81 Å². The van der Waals surface area contributed by atoms with Crippen LogP contribution in [0.1, 0.15) is 19.3 Å². The van der Waals surface area contributed by atoms with E-state index >= 15 is 0 Å². The summed E-state index contributed by atoms with van der Waals surface area (Å²) >= 11 is 0. The maximum absolute atomic E-state index is 2.64. The van der Waals surface area contributed by atoms with Crippen molar-refractivity contribution in [3.05, 3.63) is 0 Å². The van der Waals surface area contributed by atoms with Gasteiger partial charge in [0.1, 0.15) is 0 Å². The van der Waals surface area contributed by atoms with Crippen LogP contribution >= 0.6 is 0 Å². The van der Waals surface area contributed by atoms with Crippen LogP contribution in [0.5, 0.6) is 0 Å². The van der Waals surface area contributed by atoms with Crippen LogP contribution in [0.4, 0.5) is 0 Å². The Kier molecular flexibility index (Phi) is 1.74. The van der Waals surface area contributed by atoms with Crippen LogP contribution in [0.15, 0.2) is 0 Å². The SMILES string of the molecule is [BH3-]N1CCCCC1. The molecule has 0 unspecified atom stereocenters. The summed E-state index contributed by atoms with van der Waals surface area (Å²) in [5, 5.41) is 0. The van der Waals surface area contributed by atoms with Gasteiger partial charge in [0.05, 0.1) is 0 Å². The molecular weight excluding hydrogens is 84.9 g/mol. The minimum absolute atomic E-state index is 0.556. The summed E-state index contributed by atoms with van der Waals surface area (Å²) < 4.78 is 0. The molecule has 2 heteroatoms. The molecule has 1 saturated heterocycles. The van der Waals surface area contributed by atoms with Gasteiger partial charge in [0, 0.05) is 7.98 Å². The Labute approximate surface area is 46.1 Å². The second-order valence-corrected chi connectivity index (χ2v) is 1.73. The lowest BCUT2D eigenvalue weighted by Crippen LogP contribution is -2.26. The first kappa shape index (κ1) is 5.17. The second-order valence-electron chi connectivity index (χ2n) is 1.73. The molecule has 0 bridgehead atoms. The molecule has 0 aromatic heterocycles. The van der Waals surface area contributed by atoms with Crippen LogP contribution < -0.4 is 0 Å². The fraction of sp³-hybridized carbons (Fsp3) is 1.00. The molecule has 1 rings (SSSR count). The van der Waals surface area contributed by atoms with Gasteiger partial charge in [-0.2, -0.15) is 0 Å². The van der Waals surface area contributed by atoms with E-state index < -0.39 is 0 Å². The van der Waals surface area contributed by atoms with Gasteiger partial charge in [-0.1, -0.05) is 6.42 Å². The molecule has 0 N–H and O–H groups in total. The third-order valence-corrected chi connectivity index (χ3v) is 1.13. The predicted octanol–water partition coefficient (Wildman–Crippen LogP) is -0.247. The number of nitrogens with zero attached hydrogens (tertiary/aromatic N) is 1. The zero-order valence-electron chi connectivity index (χ0n) is 3.98. The van der Waals surface area contributed by atoms with Gasteiger partial charge < -0.3 is 4.81 Å². The molecular formula is C5H13BN-. The van der Waals surface area contributed by atoms with Crippen LogP contribution in [0.3, 0.4) is 0 Å². The van der Waals surface area contributed by atoms with Gasteiger partial charge in [-0.3, -0.25) is 0 Å². The van der Waals surface area contributed by atoms with Crippen molar-refractivity contribution in [2.24, 2.45) is 0 Å². The first-order valence-electron chi connectivity index (χ1n) is 2.63. The largest absolute Gasteiger partial charge is 0.484 e. The predicted molar refractivity (Wildman–Crippen MR) is 35.4 cm³/mol. The van der Waals surface area contributed by atoms with Crippen LogP contribution in [0, 0.1) is 0 Å². The molecule has 0 amide bonds. The van der Waals surface area contributed by atoms with Gasteiger partial charge in [0.15, 0.2) is 0 Å². The lowest BCUT2D eigenvalue weighted by Gasteiger charge is -2.27. The summed E-state index contributed by atoms with van der Waals surface area (Å²) in [6.07, 6.45) is 4.44. The fourth-order valence-electron chi connectivity index (χ4n) is 0.736. The van der Waals surface area contributed by atoms with E-state index in [9.17, 15) is 0 Å².